The second-order valence-electron chi connectivity index (χ2n) is 4.75. The van der Waals surface area contributed by atoms with Crippen molar-refractivity contribution in [3.05, 3.63) is 28.8 Å². The third-order valence-corrected chi connectivity index (χ3v) is 5.82. The van der Waals surface area contributed by atoms with E-state index in [1.807, 2.05) is 0 Å². The van der Waals surface area contributed by atoms with E-state index in [1.165, 1.54) is 16.4 Å². The number of hydrogen-bond acceptors (Lipinski definition) is 4. The van der Waals surface area contributed by atoms with Crippen molar-refractivity contribution >= 4 is 21.6 Å². The van der Waals surface area contributed by atoms with Crippen LogP contribution in [0.4, 0.5) is 0 Å². The molecule has 0 spiro atoms. The molecule has 0 aromatic heterocycles. The van der Waals surface area contributed by atoms with E-state index in [4.69, 9.17) is 17.3 Å². The zero-order valence-corrected chi connectivity index (χ0v) is 13.0. The summed E-state index contributed by atoms with van der Waals surface area (Å²) in [5.74, 6) is 5.49. The standard InChI is InChI=1S/C14H17ClN2O3S/c15-13-9-11(3-1-7-16)5-6-14(13)21(19,20)17-8-2-4-12(17)10-18/h5-6,9,12,18H,2,4,7-8,10,16H2. The fourth-order valence-electron chi connectivity index (χ4n) is 2.38. The Morgan fingerprint density at radius 2 is 2.24 bits per heavy atom. The van der Waals surface area contributed by atoms with Crippen LogP contribution in [-0.4, -0.2) is 43.6 Å². The Morgan fingerprint density at radius 3 is 2.86 bits per heavy atom. The largest absolute Gasteiger partial charge is 0.395 e. The molecule has 1 fully saturated rings. The first-order chi connectivity index (χ1) is 10.0. The van der Waals surface area contributed by atoms with Gasteiger partial charge < -0.3 is 10.8 Å². The van der Waals surface area contributed by atoms with Crippen molar-refractivity contribution in [3.8, 4) is 11.8 Å². The van der Waals surface area contributed by atoms with Crippen LogP contribution in [0.2, 0.25) is 5.02 Å². The average Bonchev–Trinajstić information content (AvgIpc) is 2.94. The third-order valence-electron chi connectivity index (χ3n) is 3.39. The number of sulfonamides is 1. The first-order valence-electron chi connectivity index (χ1n) is 6.62. The number of nitrogens with two attached hydrogens (primary N) is 1. The second kappa shape index (κ2) is 6.77. The molecule has 21 heavy (non-hydrogen) atoms. The van der Waals surface area contributed by atoms with Gasteiger partial charge in [0.1, 0.15) is 4.90 Å². The molecule has 1 atom stereocenters. The van der Waals surface area contributed by atoms with Crippen LogP contribution < -0.4 is 5.73 Å². The lowest BCUT2D eigenvalue weighted by Crippen LogP contribution is -2.37. The number of hydrogen-bond donors (Lipinski definition) is 2. The Kier molecular flexibility index (Phi) is 5.25. The molecule has 0 radical (unpaired) electrons. The van der Waals surface area contributed by atoms with Crippen molar-refractivity contribution in [1.29, 1.82) is 0 Å². The lowest BCUT2D eigenvalue weighted by atomic mass is 10.2. The SMILES string of the molecule is NCC#Cc1ccc(S(=O)(=O)N2CCCC2CO)c(Cl)c1. The monoisotopic (exact) mass is 328 g/mol. The van der Waals surface area contributed by atoms with Crippen LogP contribution in [0.25, 0.3) is 0 Å². The smallest absolute Gasteiger partial charge is 0.244 e. The number of aliphatic hydroxyl groups excluding tert-OH is 1. The lowest BCUT2D eigenvalue weighted by Gasteiger charge is -2.22. The summed E-state index contributed by atoms with van der Waals surface area (Å²) < 4.78 is 26.6. The molecule has 114 valence electrons. The van der Waals surface area contributed by atoms with Crippen molar-refractivity contribution in [1.82, 2.24) is 4.31 Å². The molecule has 7 heteroatoms. The van der Waals surface area contributed by atoms with E-state index in [1.54, 1.807) is 6.07 Å². The third kappa shape index (κ3) is 3.39. The van der Waals surface area contributed by atoms with E-state index in [-0.39, 0.29) is 29.1 Å². The molecule has 1 heterocycles. The van der Waals surface area contributed by atoms with Gasteiger partial charge in [0, 0.05) is 18.2 Å². The van der Waals surface area contributed by atoms with E-state index >= 15 is 0 Å². The Balaban J connectivity index is 2.37. The van der Waals surface area contributed by atoms with Crippen molar-refractivity contribution in [3.63, 3.8) is 0 Å². The van der Waals surface area contributed by atoms with Gasteiger partial charge in [-0.2, -0.15) is 4.31 Å². The first kappa shape index (κ1) is 16.3. The predicted molar refractivity (Wildman–Crippen MR) is 81.4 cm³/mol. The molecule has 1 saturated heterocycles. The van der Waals surface area contributed by atoms with Gasteiger partial charge in [-0.1, -0.05) is 23.4 Å². The molecule has 3 N–H and O–H groups in total. The minimum absolute atomic E-state index is 0.0443. The van der Waals surface area contributed by atoms with Gasteiger partial charge in [0.05, 0.1) is 18.2 Å². The van der Waals surface area contributed by atoms with E-state index in [0.717, 1.165) is 6.42 Å². The number of rotatable bonds is 3. The molecule has 0 saturated carbocycles. The summed E-state index contributed by atoms with van der Waals surface area (Å²) >= 11 is 6.09. The Labute approximate surface area is 129 Å². The normalized spacial score (nSPS) is 19.3. The molecular weight excluding hydrogens is 312 g/mol. The summed E-state index contributed by atoms with van der Waals surface area (Å²) in [6.45, 7) is 0.444. The van der Waals surface area contributed by atoms with Crippen LogP contribution in [0.5, 0.6) is 0 Å². The Hall–Kier alpha value is -1.10. The highest BCUT2D eigenvalue weighted by molar-refractivity contribution is 7.89. The molecule has 1 aromatic carbocycles. The number of halogens is 1. The van der Waals surface area contributed by atoms with E-state index in [9.17, 15) is 13.5 Å². The highest BCUT2D eigenvalue weighted by Gasteiger charge is 2.35. The maximum absolute atomic E-state index is 12.6. The van der Waals surface area contributed by atoms with Crippen LogP contribution >= 0.6 is 11.6 Å². The summed E-state index contributed by atoms with van der Waals surface area (Å²) in [7, 11) is -3.70. The summed E-state index contributed by atoms with van der Waals surface area (Å²) in [6.07, 6.45) is 1.40. The van der Waals surface area contributed by atoms with Gasteiger partial charge in [-0.05, 0) is 31.0 Å². The van der Waals surface area contributed by atoms with Crippen LogP contribution in [0.1, 0.15) is 18.4 Å². The summed E-state index contributed by atoms with van der Waals surface area (Å²) in [5, 5.41) is 9.42. The van der Waals surface area contributed by atoms with E-state index < -0.39 is 10.0 Å². The molecule has 5 nitrogen and oxygen atoms in total. The van der Waals surface area contributed by atoms with Crippen molar-refractivity contribution in [2.24, 2.45) is 5.73 Å². The van der Waals surface area contributed by atoms with Crippen LogP contribution in [-0.2, 0) is 10.0 Å². The molecule has 0 aliphatic carbocycles. The topological polar surface area (TPSA) is 83.6 Å². The predicted octanol–water partition coefficient (Wildman–Crippen LogP) is 0.796. The van der Waals surface area contributed by atoms with E-state index in [2.05, 4.69) is 11.8 Å². The molecule has 1 unspecified atom stereocenters. The van der Waals surface area contributed by atoms with Gasteiger partial charge in [-0.3, -0.25) is 0 Å². The highest BCUT2D eigenvalue weighted by atomic mass is 35.5. The van der Waals surface area contributed by atoms with Crippen molar-refractivity contribution in [2.45, 2.75) is 23.8 Å². The van der Waals surface area contributed by atoms with E-state index in [0.29, 0.717) is 18.5 Å². The quantitative estimate of drug-likeness (QED) is 0.804. The molecule has 0 bridgehead atoms. The summed E-state index contributed by atoms with van der Waals surface area (Å²) in [6, 6.07) is 4.19. The fourth-order valence-corrected chi connectivity index (χ4v) is 4.58. The van der Waals surface area contributed by atoms with Crippen LogP contribution in [0.15, 0.2) is 23.1 Å². The second-order valence-corrected chi connectivity index (χ2v) is 7.01. The lowest BCUT2D eigenvalue weighted by molar-refractivity contribution is 0.213. The van der Waals surface area contributed by atoms with Gasteiger partial charge in [-0.15, -0.1) is 0 Å². The number of benzene rings is 1. The minimum Gasteiger partial charge on any atom is -0.395 e. The van der Waals surface area contributed by atoms with Gasteiger partial charge in [0.15, 0.2) is 0 Å². The molecule has 1 aromatic rings. The minimum atomic E-state index is -3.70. The Morgan fingerprint density at radius 1 is 1.48 bits per heavy atom. The van der Waals surface area contributed by atoms with Gasteiger partial charge in [0.2, 0.25) is 10.0 Å². The van der Waals surface area contributed by atoms with Gasteiger partial charge in [-0.25, -0.2) is 8.42 Å². The summed E-state index contributed by atoms with van der Waals surface area (Å²) in [5.41, 5.74) is 5.91. The molecule has 2 rings (SSSR count). The maximum Gasteiger partial charge on any atom is 0.244 e. The number of nitrogens with zero attached hydrogens (tertiary/aromatic N) is 1. The average molecular weight is 329 g/mol. The molecule has 0 amide bonds. The zero-order valence-electron chi connectivity index (χ0n) is 11.4. The van der Waals surface area contributed by atoms with Gasteiger partial charge in [0.25, 0.3) is 0 Å². The molecular formula is C14H17ClN2O3S. The van der Waals surface area contributed by atoms with Crippen molar-refractivity contribution < 1.29 is 13.5 Å². The van der Waals surface area contributed by atoms with Gasteiger partial charge >= 0.3 is 0 Å². The maximum atomic E-state index is 12.6. The zero-order chi connectivity index (χ0) is 15.5. The molecule has 1 aliphatic heterocycles. The van der Waals surface area contributed by atoms with Crippen molar-refractivity contribution in [2.75, 3.05) is 19.7 Å². The summed E-state index contributed by atoms with van der Waals surface area (Å²) in [4.78, 5) is 0.0443. The van der Waals surface area contributed by atoms with Crippen LogP contribution in [0.3, 0.4) is 0 Å². The fraction of sp³-hybridized carbons (Fsp3) is 0.429. The molecule has 1 aliphatic rings. The Bertz CT molecular complexity index is 679. The highest BCUT2D eigenvalue weighted by Crippen LogP contribution is 2.30. The first-order valence-corrected chi connectivity index (χ1v) is 8.43. The number of aliphatic hydroxyl groups is 1. The van der Waals surface area contributed by atoms with Crippen LogP contribution in [0, 0.1) is 11.8 Å².